The van der Waals surface area contributed by atoms with Crippen molar-refractivity contribution in [3.63, 3.8) is 0 Å². The van der Waals surface area contributed by atoms with Crippen molar-refractivity contribution in [2.45, 2.75) is 26.4 Å². The number of piperazine rings is 1. The normalized spacial score (nSPS) is 17.7. The van der Waals surface area contributed by atoms with Gasteiger partial charge in [-0.3, -0.25) is 29.0 Å². The predicted molar refractivity (Wildman–Crippen MR) is 140 cm³/mol. The maximum Gasteiger partial charge on any atom is 0.293 e. The zero-order valence-corrected chi connectivity index (χ0v) is 21.6. The number of benzene rings is 2. The molecule has 1 N–H and O–H groups in total. The summed E-state index contributed by atoms with van der Waals surface area (Å²) in [6, 6.07) is 12.7. The Balaban J connectivity index is 1.33. The van der Waals surface area contributed by atoms with Gasteiger partial charge >= 0.3 is 0 Å². The number of carbonyl (C=O) groups is 4. The molecule has 2 aromatic rings. The van der Waals surface area contributed by atoms with E-state index in [1.807, 2.05) is 18.7 Å². The molecular weight excluding hydrogens is 495 g/mol. The van der Waals surface area contributed by atoms with Crippen molar-refractivity contribution >= 4 is 40.8 Å². The molecule has 0 spiro atoms. The Hall–Kier alpha value is -3.50. The van der Waals surface area contributed by atoms with Crippen LogP contribution in [0.1, 0.15) is 35.3 Å². The first kappa shape index (κ1) is 26.6. The van der Waals surface area contributed by atoms with E-state index in [0.29, 0.717) is 54.3 Å². The number of nitrogens with zero attached hydrogens (tertiary/aromatic N) is 3. The molecular formula is C27H29FN4O4S. The van der Waals surface area contributed by atoms with Gasteiger partial charge in [-0.2, -0.15) is 0 Å². The first-order valence-electron chi connectivity index (χ1n) is 12.1. The van der Waals surface area contributed by atoms with E-state index in [1.54, 1.807) is 47.4 Å². The summed E-state index contributed by atoms with van der Waals surface area (Å²) < 4.78 is 13.1. The lowest BCUT2D eigenvalue weighted by atomic mass is 10.1. The average molecular weight is 525 g/mol. The lowest BCUT2D eigenvalue weighted by molar-refractivity contribution is -0.124. The first-order chi connectivity index (χ1) is 17.7. The maximum absolute atomic E-state index is 13.1. The minimum absolute atomic E-state index is 0.0151. The Labute approximate surface area is 219 Å². The van der Waals surface area contributed by atoms with Crippen molar-refractivity contribution in [3.8, 4) is 0 Å². The number of halogens is 1. The van der Waals surface area contributed by atoms with Crippen LogP contribution in [-0.4, -0.2) is 76.4 Å². The van der Waals surface area contributed by atoms with Gasteiger partial charge in [-0.15, -0.1) is 0 Å². The predicted octanol–water partition coefficient (Wildman–Crippen LogP) is 3.34. The molecule has 37 heavy (non-hydrogen) atoms. The van der Waals surface area contributed by atoms with E-state index >= 15 is 0 Å². The Kier molecular flexibility index (Phi) is 8.40. The van der Waals surface area contributed by atoms with Gasteiger partial charge in [0.1, 0.15) is 5.82 Å². The second-order valence-corrected chi connectivity index (χ2v) is 10.3. The molecule has 0 bridgehead atoms. The molecule has 2 aromatic carbocycles. The highest BCUT2D eigenvalue weighted by atomic mass is 32.2. The standard InChI is InChI=1S/C27H29FN4O4S/c1-18(2)29-24(33)17-30-11-13-31(14-12-30)25(34)21-7-3-19(4-8-21)15-23-26(35)32(27(36)37-23)16-20-5-9-22(28)10-6-20/h3-10,15,18H,11-14,16-17H2,1-2H3,(H,29,33)/b23-15-. The second-order valence-electron chi connectivity index (χ2n) is 9.31. The fourth-order valence-electron chi connectivity index (χ4n) is 4.14. The Morgan fingerprint density at radius 2 is 1.65 bits per heavy atom. The van der Waals surface area contributed by atoms with Gasteiger partial charge in [-0.1, -0.05) is 24.3 Å². The summed E-state index contributed by atoms with van der Waals surface area (Å²) in [5.74, 6) is -0.886. The molecule has 8 nitrogen and oxygen atoms in total. The van der Waals surface area contributed by atoms with Crippen molar-refractivity contribution in [1.82, 2.24) is 20.0 Å². The fourth-order valence-corrected chi connectivity index (χ4v) is 4.98. The van der Waals surface area contributed by atoms with Crippen LogP contribution in [-0.2, 0) is 16.1 Å². The summed E-state index contributed by atoms with van der Waals surface area (Å²) in [6.45, 7) is 6.57. The van der Waals surface area contributed by atoms with Gasteiger partial charge in [-0.05, 0) is 67.1 Å². The number of carbonyl (C=O) groups excluding carboxylic acids is 4. The Morgan fingerprint density at radius 1 is 1.00 bits per heavy atom. The molecule has 0 saturated carbocycles. The van der Waals surface area contributed by atoms with Crippen LogP contribution < -0.4 is 5.32 Å². The van der Waals surface area contributed by atoms with Crippen LogP contribution in [0.2, 0.25) is 0 Å². The van der Waals surface area contributed by atoms with Crippen LogP contribution in [0.25, 0.3) is 6.08 Å². The van der Waals surface area contributed by atoms with Gasteiger partial charge in [-0.25, -0.2) is 4.39 Å². The zero-order valence-electron chi connectivity index (χ0n) is 20.8. The van der Waals surface area contributed by atoms with Crippen molar-refractivity contribution in [1.29, 1.82) is 0 Å². The maximum atomic E-state index is 13.1. The van der Waals surface area contributed by atoms with Gasteiger partial charge < -0.3 is 10.2 Å². The molecule has 2 heterocycles. The highest BCUT2D eigenvalue weighted by Crippen LogP contribution is 2.33. The van der Waals surface area contributed by atoms with E-state index in [0.717, 1.165) is 16.7 Å². The first-order valence-corrected chi connectivity index (χ1v) is 12.9. The van der Waals surface area contributed by atoms with Crippen LogP contribution in [0.4, 0.5) is 9.18 Å². The molecule has 0 atom stereocenters. The average Bonchev–Trinajstić information content (AvgIpc) is 3.12. The number of amides is 4. The number of hydrogen-bond donors (Lipinski definition) is 1. The summed E-state index contributed by atoms with van der Waals surface area (Å²) >= 11 is 0.856. The van der Waals surface area contributed by atoms with Gasteiger partial charge in [0.2, 0.25) is 5.91 Å². The number of imide groups is 1. The largest absolute Gasteiger partial charge is 0.353 e. The van der Waals surface area contributed by atoms with Gasteiger partial charge in [0.25, 0.3) is 17.1 Å². The Morgan fingerprint density at radius 3 is 2.27 bits per heavy atom. The lowest BCUT2D eigenvalue weighted by Crippen LogP contribution is -2.51. The van der Waals surface area contributed by atoms with Gasteiger partial charge in [0, 0.05) is 37.8 Å². The number of hydrogen-bond acceptors (Lipinski definition) is 6. The SMILES string of the molecule is CC(C)NC(=O)CN1CCN(C(=O)c2ccc(/C=C3\SC(=O)N(Cc4ccc(F)cc4)C3=O)cc2)CC1. The van der Waals surface area contributed by atoms with E-state index in [2.05, 4.69) is 5.32 Å². The monoisotopic (exact) mass is 524 g/mol. The molecule has 2 aliphatic heterocycles. The molecule has 0 aromatic heterocycles. The third-order valence-corrected chi connectivity index (χ3v) is 6.97. The van der Waals surface area contributed by atoms with Crippen LogP contribution in [0.3, 0.4) is 0 Å². The van der Waals surface area contributed by atoms with E-state index in [-0.39, 0.29) is 35.5 Å². The lowest BCUT2D eigenvalue weighted by Gasteiger charge is -2.34. The molecule has 2 fully saturated rings. The van der Waals surface area contributed by atoms with E-state index in [1.165, 1.54) is 12.1 Å². The quantitative estimate of drug-likeness (QED) is 0.559. The number of nitrogens with one attached hydrogen (secondary N) is 1. The molecule has 194 valence electrons. The summed E-state index contributed by atoms with van der Waals surface area (Å²) in [4.78, 5) is 55.3. The number of thioether (sulfide) groups is 1. The van der Waals surface area contributed by atoms with E-state index in [9.17, 15) is 23.6 Å². The second kappa shape index (κ2) is 11.7. The molecule has 0 radical (unpaired) electrons. The highest BCUT2D eigenvalue weighted by Gasteiger charge is 2.35. The van der Waals surface area contributed by atoms with E-state index < -0.39 is 5.91 Å². The van der Waals surface area contributed by atoms with Crippen LogP contribution in [0.15, 0.2) is 53.4 Å². The minimum Gasteiger partial charge on any atom is -0.353 e. The van der Waals surface area contributed by atoms with Crippen LogP contribution >= 0.6 is 11.8 Å². The number of rotatable bonds is 7. The third kappa shape index (κ3) is 6.84. The van der Waals surface area contributed by atoms with Crippen molar-refractivity contribution in [3.05, 3.63) is 75.9 Å². The molecule has 2 aliphatic rings. The van der Waals surface area contributed by atoms with Crippen molar-refractivity contribution < 1.29 is 23.6 Å². The van der Waals surface area contributed by atoms with Crippen LogP contribution in [0.5, 0.6) is 0 Å². The highest BCUT2D eigenvalue weighted by molar-refractivity contribution is 8.18. The fraction of sp³-hybridized carbons (Fsp3) is 0.333. The van der Waals surface area contributed by atoms with E-state index in [4.69, 9.17) is 0 Å². The van der Waals surface area contributed by atoms with Crippen molar-refractivity contribution in [2.24, 2.45) is 0 Å². The summed E-state index contributed by atoms with van der Waals surface area (Å²) in [6.07, 6.45) is 1.63. The molecule has 4 rings (SSSR count). The Bertz CT molecular complexity index is 1210. The van der Waals surface area contributed by atoms with Crippen LogP contribution in [0, 0.1) is 5.82 Å². The van der Waals surface area contributed by atoms with Gasteiger partial charge in [0.15, 0.2) is 0 Å². The molecule has 4 amide bonds. The molecule has 2 saturated heterocycles. The smallest absolute Gasteiger partial charge is 0.293 e. The summed E-state index contributed by atoms with van der Waals surface area (Å²) in [5, 5.41) is 2.50. The molecule has 0 unspecified atom stereocenters. The molecule has 10 heteroatoms. The summed E-state index contributed by atoms with van der Waals surface area (Å²) in [5.41, 5.74) is 1.89. The third-order valence-electron chi connectivity index (χ3n) is 6.06. The summed E-state index contributed by atoms with van der Waals surface area (Å²) in [7, 11) is 0. The van der Waals surface area contributed by atoms with Gasteiger partial charge in [0.05, 0.1) is 18.0 Å². The minimum atomic E-state index is -0.403. The topological polar surface area (TPSA) is 90.0 Å². The molecule has 0 aliphatic carbocycles. The van der Waals surface area contributed by atoms with Crippen molar-refractivity contribution in [2.75, 3.05) is 32.7 Å². The zero-order chi connectivity index (χ0) is 26.5.